The van der Waals surface area contributed by atoms with E-state index in [1.54, 1.807) is 0 Å². The molecule has 0 spiro atoms. The van der Waals surface area contributed by atoms with Crippen molar-refractivity contribution in [1.29, 1.82) is 0 Å². The summed E-state index contributed by atoms with van der Waals surface area (Å²) in [5, 5.41) is 0.700. The number of hydrogen-bond donors (Lipinski definition) is 2. The van der Waals surface area contributed by atoms with Gasteiger partial charge >= 0.3 is 0 Å². The van der Waals surface area contributed by atoms with Gasteiger partial charge in [-0.15, -0.1) is 0 Å². The molecule has 2 aromatic carbocycles. The molecule has 2 nitrogen and oxygen atoms in total. The van der Waals surface area contributed by atoms with Crippen LogP contribution in [0.4, 0.5) is 0 Å². The number of rotatable bonds is 3. The summed E-state index contributed by atoms with van der Waals surface area (Å²) < 4.78 is 2.16. The smallest absolute Gasteiger partial charge is 0.0735 e. The zero-order valence-electron chi connectivity index (χ0n) is 9.33. The number of hydrazine groups is 1. The predicted molar refractivity (Wildman–Crippen MR) is 87.5 cm³/mol. The lowest BCUT2D eigenvalue weighted by molar-refractivity contribution is 0.634. The Kier molecular flexibility index (Phi) is 5.03. The van der Waals surface area contributed by atoms with Crippen molar-refractivity contribution in [3.8, 4) is 0 Å². The first kappa shape index (κ1) is 14.3. The van der Waals surface area contributed by atoms with Crippen LogP contribution in [-0.2, 0) is 0 Å². The maximum absolute atomic E-state index is 6.23. The Hall–Kier alpha value is -0.140. The van der Waals surface area contributed by atoms with Gasteiger partial charge in [-0.3, -0.25) is 5.84 Å². The van der Waals surface area contributed by atoms with E-state index in [2.05, 4.69) is 50.0 Å². The van der Waals surface area contributed by atoms with E-state index < -0.39 is 0 Å². The van der Waals surface area contributed by atoms with Gasteiger partial charge in [0.05, 0.1) is 6.04 Å². The van der Waals surface area contributed by atoms with Crippen molar-refractivity contribution in [1.82, 2.24) is 5.43 Å². The fourth-order valence-corrected chi connectivity index (χ4v) is 3.03. The SMILES string of the molecule is NNC(c1ccccc1Cl)c1cc(I)ccc1Br. The Balaban J connectivity index is 2.52. The third-order valence-electron chi connectivity index (χ3n) is 2.65. The van der Waals surface area contributed by atoms with E-state index in [1.807, 2.05) is 36.4 Å². The summed E-state index contributed by atoms with van der Waals surface area (Å²) >= 11 is 12.1. The monoisotopic (exact) mass is 436 g/mol. The molecule has 0 radical (unpaired) electrons. The number of nitrogens with one attached hydrogen (secondary N) is 1. The second-order valence-corrected chi connectivity index (χ2v) is 6.29. The maximum Gasteiger partial charge on any atom is 0.0735 e. The molecule has 0 aliphatic heterocycles. The van der Waals surface area contributed by atoms with Gasteiger partial charge in [-0.1, -0.05) is 45.7 Å². The van der Waals surface area contributed by atoms with Crippen LogP contribution in [0.1, 0.15) is 17.2 Å². The molecule has 0 aliphatic rings. The Morgan fingerprint density at radius 2 is 1.89 bits per heavy atom. The maximum atomic E-state index is 6.23. The number of halogens is 3. The first-order chi connectivity index (χ1) is 8.63. The van der Waals surface area contributed by atoms with Gasteiger partial charge in [-0.2, -0.15) is 0 Å². The molecule has 1 atom stereocenters. The highest BCUT2D eigenvalue weighted by molar-refractivity contribution is 14.1. The average molecular weight is 438 g/mol. The van der Waals surface area contributed by atoms with Gasteiger partial charge in [-0.05, 0) is 58.0 Å². The van der Waals surface area contributed by atoms with Crippen LogP contribution in [0.15, 0.2) is 46.9 Å². The van der Waals surface area contributed by atoms with Crippen molar-refractivity contribution in [2.45, 2.75) is 6.04 Å². The van der Waals surface area contributed by atoms with E-state index in [9.17, 15) is 0 Å². The molecule has 2 aromatic rings. The van der Waals surface area contributed by atoms with Gasteiger partial charge in [0.15, 0.2) is 0 Å². The van der Waals surface area contributed by atoms with Crippen molar-refractivity contribution >= 4 is 50.1 Å². The van der Waals surface area contributed by atoms with Crippen LogP contribution in [0.25, 0.3) is 0 Å². The lowest BCUT2D eigenvalue weighted by atomic mass is 9.99. The summed E-state index contributed by atoms with van der Waals surface area (Å²) in [6.07, 6.45) is 0. The molecular formula is C13H11BrClIN2. The van der Waals surface area contributed by atoms with Gasteiger partial charge in [0.2, 0.25) is 0 Å². The van der Waals surface area contributed by atoms with Crippen molar-refractivity contribution < 1.29 is 0 Å². The van der Waals surface area contributed by atoms with Crippen LogP contribution in [0.5, 0.6) is 0 Å². The van der Waals surface area contributed by atoms with Gasteiger partial charge in [0.1, 0.15) is 0 Å². The van der Waals surface area contributed by atoms with Gasteiger partial charge in [0, 0.05) is 13.1 Å². The van der Waals surface area contributed by atoms with E-state index in [4.69, 9.17) is 17.4 Å². The van der Waals surface area contributed by atoms with E-state index in [0.717, 1.165) is 19.2 Å². The molecule has 94 valence electrons. The van der Waals surface area contributed by atoms with E-state index in [-0.39, 0.29) is 6.04 Å². The normalized spacial score (nSPS) is 12.4. The minimum atomic E-state index is -0.136. The average Bonchev–Trinajstić information content (AvgIpc) is 2.36. The Labute approximate surface area is 133 Å². The van der Waals surface area contributed by atoms with E-state index >= 15 is 0 Å². The summed E-state index contributed by atoms with van der Waals surface area (Å²) in [6, 6.07) is 13.7. The highest BCUT2D eigenvalue weighted by Gasteiger charge is 2.17. The van der Waals surface area contributed by atoms with Crippen molar-refractivity contribution in [3.05, 3.63) is 66.7 Å². The van der Waals surface area contributed by atoms with Crippen LogP contribution in [-0.4, -0.2) is 0 Å². The van der Waals surface area contributed by atoms with Crippen molar-refractivity contribution in [3.63, 3.8) is 0 Å². The molecule has 0 aromatic heterocycles. The molecule has 1 unspecified atom stereocenters. The lowest BCUT2D eigenvalue weighted by Gasteiger charge is -2.19. The largest absolute Gasteiger partial charge is 0.271 e. The minimum absolute atomic E-state index is 0.136. The number of hydrogen-bond acceptors (Lipinski definition) is 2. The minimum Gasteiger partial charge on any atom is -0.271 e. The third kappa shape index (κ3) is 3.05. The first-order valence-electron chi connectivity index (χ1n) is 5.29. The van der Waals surface area contributed by atoms with E-state index in [1.165, 1.54) is 0 Å². The Morgan fingerprint density at radius 1 is 1.17 bits per heavy atom. The topological polar surface area (TPSA) is 38.0 Å². The quantitative estimate of drug-likeness (QED) is 0.428. The molecule has 5 heteroatoms. The number of nitrogens with two attached hydrogens (primary N) is 1. The molecule has 0 bridgehead atoms. The predicted octanol–water partition coefficient (Wildman–Crippen LogP) is 4.26. The van der Waals surface area contributed by atoms with Gasteiger partial charge in [0.25, 0.3) is 0 Å². The Morgan fingerprint density at radius 3 is 2.56 bits per heavy atom. The third-order valence-corrected chi connectivity index (χ3v) is 4.39. The second-order valence-electron chi connectivity index (χ2n) is 3.79. The fraction of sp³-hybridized carbons (Fsp3) is 0.0769. The molecule has 0 fully saturated rings. The fourth-order valence-electron chi connectivity index (χ4n) is 1.79. The molecule has 0 saturated heterocycles. The highest BCUT2D eigenvalue weighted by atomic mass is 127. The van der Waals surface area contributed by atoms with E-state index in [0.29, 0.717) is 5.02 Å². The summed E-state index contributed by atoms with van der Waals surface area (Å²) in [4.78, 5) is 0. The molecule has 0 amide bonds. The Bertz CT molecular complexity index is 562. The second kappa shape index (κ2) is 6.34. The zero-order chi connectivity index (χ0) is 13.1. The molecule has 2 rings (SSSR count). The molecule has 0 heterocycles. The molecule has 0 saturated carbocycles. The van der Waals surface area contributed by atoms with Crippen LogP contribution >= 0.6 is 50.1 Å². The van der Waals surface area contributed by atoms with Crippen molar-refractivity contribution in [2.75, 3.05) is 0 Å². The van der Waals surface area contributed by atoms with Crippen molar-refractivity contribution in [2.24, 2.45) is 5.84 Å². The number of benzene rings is 2. The van der Waals surface area contributed by atoms with Gasteiger partial charge in [-0.25, -0.2) is 5.43 Å². The van der Waals surface area contributed by atoms with Crippen LogP contribution in [0.2, 0.25) is 5.02 Å². The highest BCUT2D eigenvalue weighted by Crippen LogP contribution is 2.32. The zero-order valence-corrected chi connectivity index (χ0v) is 13.8. The van der Waals surface area contributed by atoms with Crippen LogP contribution in [0.3, 0.4) is 0 Å². The summed E-state index contributed by atoms with van der Waals surface area (Å²) in [5.74, 6) is 5.69. The standard InChI is InChI=1S/C13H11BrClIN2/c14-11-6-5-8(16)7-10(11)13(18-17)9-3-1-2-4-12(9)15/h1-7,13,18H,17H2. The van der Waals surface area contributed by atoms with Crippen LogP contribution in [0, 0.1) is 3.57 Å². The summed E-state index contributed by atoms with van der Waals surface area (Å²) in [6.45, 7) is 0. The molecule has 0 aliphatic carbocycles. The molecular weight excluding hydrogens is 426 g/mol. The summed E-state index contributed by atoms with van der Waals surface area (Å²) in [5.41, 5.74) is 4.86. The summed E-state index contributed by atoms with van der Waals surface area (Å²) in [7, 11) is 0. The first-order valence-corrected chi connectivity index (χ1v) is 7.54. The molecule has 18 heavy (non-hydrogen) atoms. The lowest BCUT2D eigenvalue weighted by Crippen LogP contribution is -2.29. The van der Waals surface area contributed by atoms with Gasteiger partial charge < -0.3 is 0 Å². The van der Waals surface area contributed by atoms with Crippen LogP contribution < -0.4 is 11.3 Å². The molecule has 3 N–H and O–H groups in total.